The van der Waals surface area contributed by atoms with Crippen molar-refractivity contribution in [2.75, 3.05) is 19.7 Å². The number of nitrogens with one attached hydrogen (secondary N) is 1. The number of nitrogens with zero attached hydrogens (tertiary/aromatic N) is 1. The summed E-state index contributed by atoms with van der Waals surface area (Å²) in [6.45, 7) is 6.68. The molecular weight excluding hydrogens is 339 g/mol. The number of aromatic nitrogens is 1. The molecule has 0 spiro atoms. The third kappa shape index (κ3) is 3.55. The summed E-state index contributed by atoms with van der Waals surface area (Å²) in [5.74, 6) is -0.225. The molecule has 1 aliphatic heterocycles. The molecule has 0 radical (unpaired) electrons. The SMILES string of the molecule is CCc1ccc(-c2cc(C3CNCCO3)c(C)n2-c2ccc(F)cc2)cc1. The zero-order valence-corrected chi connectivity index (χ0v) is 15.8. The van der Waals surface area contributed by atoms with Crippen LogP contribution in [0.4, 0.5) is 4.39 Å². The van der Waals surface area contributed by atoms with Gasteiger partial charge in [-0.25, -0.2) is 4.39 Å². The quantitative estimate of drug-likeness (QED) is 0.719. The van der Waals surface area contributed by atoms with E-state index in [1.165, 1.54) is 23.3 Å². The Labute approximate surface area is 159 Å². The van der Waals surface area contributed by atoms with Crippen LogP contribution in [0.2, 0.25) is 0 Å². The Kier molecular flexibility index (Phi) is 5.10. The van der Waals surface area contributed by atoms with Gasteiger partial charge < -0.3 is 14.6 Å². The van der Waals surface area contributed by atoms with E-state index in [4.69, 9.17) is 4.74 Å². The molecule has 27 heavy (non-hydrogen) atoms. The third-order valence-electron chi connectivity index (χ3n) is 5.30. The standard InChI is InChI=1S/C23H25FN2O/c1-3-17-4-6-18(7-5-17)22-14-21(23-15-25-12-13-27-23)16(2)26(22)20-10-8-19(24)9-11-20/h4-11,14,23,25H,3,12-13,15H2,1-2H3. The molecule has 1 unspecified atom stereocenters. The molecule has 1 saturated heterocycles. The maximum absolute atomic E-state index is 13.5. The zero-order chi connectivity index (χ0) is 18.8. The molecule has 0 saturated carbocycles. The topological polar surface area (TPSA) is 26.2 Å². The van der Waals surface area contributed by atoms with Crippen molar-refractivity contribution < 1.29 is 9.13 Å². The minimum atomic E-state index is -0.225. The number of morpholine rings is 1. The van der Waals surface area contributed by atoms with Crippen molar-refractivity contribution in [1.29, 1.82) is 0 Å². The van der Waals surface area contributed by atoms with E-state index in [9.17, 15) is 4.39 Å². The van der Waals surface area contributed by atoms with Crippen LogP contribution in [0.15, 0.2) is 54.6 Å². The van der Waals surface area contributed by atoms with Crippen LogP contribution in [0.5, 0.6) is 0 Å². The summed E-state index contributed by atoms with van der Waals surface area (Å²) in [6, 6.07) is 17.6. The molecular formula is C23H25FN2O. The van der Waals surface area contributed by atoms with Gasteiger partial charge in [0.15, 0.2) is 0 Å². The fraction of sp³-hybridized carbons (Fsp3) is 0.304. The van der Waals surface area contributed by atoms with Gasteiger partial charge in [-0.2, -0.15) is 0 Å². The molecule has 0 bridgehead atoms. The number of halogens is 1. The van der Waals surface area contributed by atoms with E-state index in [0.717, 1.165) is 42.1 Å². The zero-order valence-electron chi connectivity index (χ0n) is 15.8. The van der Waals surface area contributed by atoms with Gasteiger partial charge in [-0.15, -0.1) is 0 Å². The minimum Gasteiger partial charge on any atom is -0.371 e. The van der Waals surface area contributed by atoms with Gasteiger partial charge in [-0.05, 0) is 54.8 Å². The van der Waals surface area contributed by atoms with Gasteiger partial charge >= 0.3 is 0 Å². The Morgan fingerprint density at radius 3 is 2.48 bits per heavy atom. The average molecular weight is 364 g/mol. The van der Waals surface area contributed by atoms with Crippen molar-refractivity contribution >= 4 is 0 Å². The third-order valence-corrected chi connectivity index (χ3v) is 5.30. The normalized spacial score (nSPS) is 17.2. The van der Waals surface area contributed by atoms with Crippen LogP contribution in [-0.4, -0.2) is 24.3 Å². The van der Waals surface area contributed by atoms with Gasteiger partial charge in [-0.1, -0.05) is 31.2 Å². The molecule has 140 valence electrons. The fourth-order valence-electron chi connectivity index (χ4n) is 3.76. The first-order valence-corrected chi connectivity index (χ1v) is 9.57. The molecule has 0 amide bonds. The van der Waals surface area contributed by atoms with Gasteiger partial charge in [0.1, 0.15) is 5.82 Å². The number of ether oxygens (including phenoxy) is 1. The lowest BCUT2D eigenvalue weighted by atomic mass is 10.1. The Balaban J connectivity index is 1.85. The summed E-state index contributed by atoms with van der Waals surface area (Å²) in [4.78, 5) is 0. The van der Waals surface area contributed by atoms with E-state index in [2.05, 4.69) is 54.1 Å². The molecule has 3 nitrogen and oxygen atoms in total. The van der Waals surface area contributed by atoms with E-state index in [-0.39, 0.29) is 11.9 Å². The monoisotopic (exact) mass is 364 g/mol. The first-order chi connectivity index (χ1) is 13.2. The van der Waals surface area contributed by atoms with Crippen molar-refractivity contribution in [1.82, 2.24) is 9.88 Å². The predicted molar refractivity (Wildman–Crippen MR) is 107 cm³/mol. The highest BCUT2D eigenvalue weighted by Crippen LogP contribution is 2.34. The Morgan fingerprint density at radius 1 is 1.11 bits per heavy atom. The second kappa shape index (κ2) is 7.67. The molecule has 1 atom stereocenters. The fourth-order valence-corrected chi connectivity index (χ4v) is 3.76. The Hall–Kier alpha value is -2.43. The summed E-state index contributed by atoms with van der Waals surface area (Å²) >= 11 is 0. The molecule has 2 heterocycles. The largest absolute Gasteiger partial charge is 0.371 e. The van der Waals surface area contributed by atoms with E-state index >= 15 is 0 Å². The van der Waals surface area contributed by atoms with Crippen LogP contribution in [0.1, 0.15) is 29.8 Å². The molecule has 1 aliphatic rings. The van der Waals surface area contributed by atoms with Gasteiger partial charge in [0.25, 0.3) is 0 Å². The van der Waals surface area contributed by atoms with Crippen molar-refractivity contribution in [3.63, 3.8) is 0 Å². The number of benzene rings is 2. The molecule has 4 rings (SSSR count). The van der Waals surface area contributed by atoms with Crippen molar-refractivity contribution in [3.8, 4) is 16.9 Å². The van der Waals surface area contributed by atoms with E-state index in [1.807, 2.05) is 12.1 Å². The summed E-state index contributed by atoms with van der Waals surface area (Å²) in [7, 11) is 0. The summed E-state index contributed by atoms with van der Waals surface area (Å²) in [5.41, 5.74) is 6.83. The van der Waals surface area contributed by atoms with E-state index < -0.39 is 0 Å². The summed E-state index contributed by atoms with van der Waals surface area (Å²) in [6.07, 6.45) is 1.06. The highest BCUT2D eigenvalue weighted by molar-refractivity contribution is 5.66. The second-order valence-corrected chi connectivity index (χ2v) is 7.00. The first kappa shape index (κ1) is 18.0. The van der Waals surface area contributed by atoms with Gasteiger partial charge in [-0.3, -0.25) is 0 Å². The van der Waals surface area contributed by atoms with Crippen LogP contribution >= 0.6 is 0 Å². The number of rotatable bonds is 4. The van der Waals surface area contributed by atoms with Crippen LogP contribution in [0.25, 0.3) is 16.9 Å². The van der Waals surface area contributed by atoms with Crippen molar-refractivity contribution in [3.05, 3.63) is 77.2 Å². The molecule has 1 N–H and O–H groups in total. The summed E-state index contributed by atoms with van der Waals surface area (Å²) in [5, 5.41) is 3.41. The van der Waals surface area contributed by atoms with Crippen LogP contribution in [0, 0.1) is 12.7 Å². The number of aryl methyl sites for hydroxylation is 1. The lowest BCUT2D eigenvalue weighted by molar-refractivity contribution is 0.0273. The van der Waals surface area contributed by atoms with E-state index in [0.29, 0.717) is 6.61 Å². The lowest BCUT2D eigenvalue weighted by Crippen LogP contribution is -2.33. The Morgan fingerprint density at radius 2 is 1.85 bits per heavy atom. The van der Waals surface area contributed by atoms with Crippen molar-refractivity contribution in [2.24, 2.45) is 0 Å². The molecule has 1 fully saturated rings. The molecule has 4 heteroatoms. The maximum Gasteiger partial charge on any atom is 0.123 e. The Bertz CT molecular complexity index is 907. The second-order valence-electron chi connectivity index (χ2n) is 7.00. The van der Waals surface area contributed by atoms with Crippen LogP contribution in [0.3, 0.4) is 0 Å². The van der Waals surface area contributed by atoms with Gasteiger partial charge in [0.05, 0.1) is 18.4 Å². The number of hydrogen-bond acceptors (Lipinski definition) is 2. The van der Waals surface area contributed by atoms with E-state index in [1.54, 1.807) is 0 Å². The van der Waals surface area contributed by atoms with Crippen molar-refractivity contribution in [2.45, 2.75) is 26.4 Å². The highest BCUT2D eigenvalue weighted by atomic mass is 19.1. The van der Waals surface area contributed by atoms with Gasteiger partial charge in [0.2, 0.25) is 0 Å². The first-order valence-electron chi connectivity index (χ1n) is 9.57. The number of hydrogen-bond donors (Lipinski definition) is 1. The minimum absolute atomic E-state index is 0.0362. The molecule has 1 aromatic heterocycles. The van der Waals surface area contributed by atoms with Crippen LogP contribution in [-0.2, 0) is 11.2 Å². The maximum atomic E-state index is 13.5. The molecule has 0 aliphatic carbocycles. The van der Waals surface area contributed by atoms with Crippen LogP contribution < -0.4 is 5.32 Å². The molecule has 2 aromatic carbocycles. The average Bonchev–Trinajstić information content (AvgIpc) is 3.06. The predicted octanol–water partition coefficient (Wildman–Crippen LogP) is 4.82. The molecule has 3 aromatic rings. The lowest BCUT2D eigenvalue weighted by Gasteiger charge is -2.24. The summed E-state index contributed by atoms with van der Waals surface area (Å²) < 4.78 is 21.7. The highest BCUT2D eigenvalue weighted by Gasteiger charge is 2.23. The smallest absolute Gasteiger partial charge is 0.123 e. The van der Waals surface area contributed by atoms with Gasteiger partial charge in [0, 0.05) is 30.0 Å².